The van der Waals surface area contributed by atoms with E-state index in [1.807, 2.05) is 0 Å². The number of methoxy groups -OCH3 is 1. The van der Waals surface area contributed by atoms with Gasteiger partial charge in [-0.05, 0) is 12.1 Å². The summed E-state index contributed by atoms with van der Waals surface area (Å²) in [4.78, 5) is 11.2. The van der Waals surface area contributed by atoms with Gasteiger partial charge in [-0.15, -0.1) is 0 Å². The minimum absolute atomic E-state index is 0.269. The van der Waals surface area contributed by atoms with Crippen molar-refractivity contribution in [3.63, 3.8) is 0 Å². The molecule has 0 heterocycles. The molecule has 0 saturated carbocycles. The summed E-state index contributed by atoms with van der Waals surface area (Å²) in [5.74, 6) is -1.32. The lowest BCUT2D eigenvalue weighted by atomic mass is 10.3. The molecule has 0 aliphatic heterocycles. The molecular formula is C12H18FN3O4S. The smallest absolute Gasteiger partial charge is 0.245 e. The van der Waals surface area contributed by atoms with Crippen LogP contribution in [-0.2, 0) is 19.6 Å². The van der Waals surface area contributed by atoms with Gasteiger partial charge in [0.2, 0.25) is 15.9 Å². The fourth-order valence-electron chi connectivity index (χ4n) is 1.55. The summed E-state index contributed by atoms with van der Waals surface area (Å²) in [6.07, 6.45) is 0. The number of halogens is 1. The van der Waals surface area contributed by atoms with Gasteiger partial charge in [0.15, 0.2) is 0 Å². The molecule has 21 heavy (non-hydrogen) atoms. The van der Waals surface area contributed by atoms with E-state index in [2.05, 4.69) is 5.32 Å². The number of anilines is 1. The Morgan fingerprint density at radius 2 is 2.14 bits per heavy atom. The molecule has 1 rings (SSSR count). The Labute approximate surface area is 122 Å². The molecular weight excluding hydrogens is 301 g/mol. The fourth-order valence-corrected chi connectivity index (χ4v) is 2.79. The van der Waals surface area contributed by atoms with E-state index in [0.717, 1.165) is 10.4 Å². The quantitative estimate of drug-likeness (QED) is 0.535. The van der Waals surface area contributed by atoms with E-state index in [-0.39, 0.29) is 11.4 Å². The van der Waals surface area contributed by atoms with Crippen LogP contribution in [0.3, 0.4) is 0 Å². The first kappa shape index (κ1) is 17.3. The summed E-state index contributed by atoms with van der Waals surface area (Å²) < 4.78 is 43.4. The fraction of sp³-hybridized carbons (Fsp3) is 0.417. The van der Waals surface area contributed by atoms with Gasteiger partial charge in [0.1, 0.15) is 10.7 Å². The maximum atomic E-state index is 13.3. The van der Waals surface area contributed by atoms with Gasteiger partial charge in [0.05, 0.1) is 18.8 Å². The zero-order valence-electron chi connectivity index (χ0n) is 11.8. The van der Waals surface area contributed by atoms with Crippen LogP contribution in [0.15, 0.2) is 23.1 Å². The number of nitrogens with two attached hydrogens (primary N) is 1. The number of ether oxygens (including phenoxy) is 1. The van der Waals surface area contributed by atoms with Crippen LogP contribution < -0.4 is 11.1 Å². The summed E-state index contributed by atoms with van der Waals surface area (Å²) in [7, 11) is -1.34. The summed E-state index contributed by atoms with van der Waals surface area (Å²) in [5.41, 5.74) is 4.97. The Morgan fingerprint density at radius 3 is 2.76 bits per heavy atom. The van der Waals surface area contributed by atoms with E-state index < -0.39 is 34.0 Å². The number of hydrogen-bond acceptors (Lipinski definition) is 5. The Morgan fingerprint density at radius 1 is 1.48 bits per heavy atom. The molecule has 3 N–H and O–H groups in total. The van der Waals surface area contributed by atoms with Crippen molar-refractivity contribution >= 4 is 21.6 Å². The standard InChI is InChI=1S/C12H18FN3O4S/c1-16(8-11(17)15-6-7-20-2)21(18,19)10-5-3-4-9(13)12(10)14/h3-5H,6-8,14H2,1-2H3,(H,15,17). The van der Waals surface area contributed by atoms with Gasteiger partial charge in [-0.2, -0.15) is 4.31 Å². The summed E-state index contributed by atoms with van der Waals surface area (Å²) >= 11 is 0. The van der Waals surface area contributed by atoms with Crippen molar-refractivity contribution in [1.29, 1.82) is 0 Å². The molecule has 0 saturated heterocycles. The number of nitrogens with one attached hydrogen (secondary N) is 1. The Bertz CT molecular complexity index is 607. The molecule has 0 spiro atoms. The Balaban J connectivity index is 2.83. The second-order valence-electron chi connectivity index (χ2n) is 4.26. The first-order valence-electron chi connectivity index (χ1n) is 6.06. The number of rotatable bonds is 7. The van der Waals surface area contributed by atoms with Crippen LogP contribution in [-0.4, -0.2) is 52.5 Å². The van der Waals surface area contributed by atoms with Gasteiger partial charge >= 0.3 is 0 Å². The number of hydrogen-bond donors (Lipinski definition) is 2. The highest BCUT2D eigenvalue weighted by Crippen LogP contribution is 2.23. The predicted octanol–water partition coefficient (Wildman–Crippen LogP) is -0.209. The largest absolute Gasteiger partial charge is 0.395 e. The maximum absolute atomic E-state index is 13.3. The van der Waals surface area contributed by atoms with E-state index in [1.165, 1.54) is 26.3 Å². The van der Waals surface area contributed by atoms with Gasteiger partial charge in [0.25, 0.3) is 0 Å². The summed E-state index contributed by atoms with van der Waals surface area (Å²) in [5, 5.41) is 2.49. The molecule has 9 heteroatoms. The number of nitrogens with zero attached hydrogens (tertiary/aromatic N) is 1. The second-order valence-corrected chi connectivity index (χ2v) is 6.27. The van der Waals surface area contributed by atoms with E-state index in [4.69, 9.17) is 10.5 Å². The van der Waals surface area contributed by atoms with Gasteiger partial charge in [-0.1, -0.05) is 6.07 Å². The molecule has 0 bridgehead atoms. The van der Waals surface area contributed by atoms with Gasteiger partial charge in [-0.3, -0.25) is 4.79 Å². The lowest BCUT2D eigenvalue weighted by molar-refractivity contribution is -0.121. The predicted molar refractivity (Wildman–Crippen MR) is 75.5 cm³/mol. The average Bonchev–Trinajstić information content (AvgIpc) is 2.41. The number of carbonyl (C=O) groups is 1. The highest BCUT2D eigenvalue weighted by Gasteiger charge is 2.26. The SMILES string of the molecule is COCCNC(=O)CN(C)S(=O)(=O)c1cccc(F)c1N. The number of amides is 1. The molecule has 118 valence electrons. The van der Waals surface area contributed by atoms with Crippen molar-refractivity contribution in [2.75, 3.05) is 39.6 Å². The monoisotopic (exact) mass is 319 g/mol. The van der Waals surface area contributed by atoms with Crippen LogP contribution >= 0.6 is 0 Å². The van der Waals surface area contributed by atoms with Crippen molar-refractivity contribution in [2.24, 2.45) is 0 Å². The molecule has 1 amide bonds. The zero-order chi connectivity index (χ0) is 16.0. The number of nitrogen functional groups attached to an aromatic ring is 1. The normalized spacial score (nSPS) is 11.6. The molecule has 7 nitrogen and oxygen atoms in total. The van der Waals surface area contributed by atoms with E-state index >= 15 is 0 Å². The van der Waals surface area contributed by atoms with Crippen molar-refractivity contribution in [3.8, 4) is 0 Å². The average molecular weight is 319 g/mol. The number of carbonyl (C=O) groups excluding carboxylic acids is 1. The lowest BCUT2D eigenvalue weighted by Gasteiger charge is -2.18. The molecule has 0 fully saturated rings. The van der Waals surface area contributed by atoms with Gasteiger partial charge in [-0.25, -0.2) is 12.8 Å². The summed E-state index contributed by atoms with van der Waals surface area (Å²) in [6, 6.07) is 3.49. The number of sulfonamides is 1. The molecule has 1 aromatic carbocycles. The minimum atomic E-state index is -4.04. The minimum Gasteiger partial charge on any atom is -0.395 e. The first-order valence-corrected chi connectivity index (χ1v) is 7.50. The van der Waals surface area contributed by atoms with Crippen molar-refractivity contribution in [3.05, 3.63) is 24.0 Å². The Hall–Kier alpha value is -1.71. The van der Waals surface area contributed by atoms with Crippen LogP contribution in [0.5, 0.6) is 0 Å². The molecule has 0 unspecified atom stereocenters. The summed E-state index contributed by atoms with van der Waals surface area (Å²) in [6.45, 7) is 0.187. The Kier molecular flexibility index (Phi) is 6.06. The van der Waals surface area contributed by atoms with E-state index in [9.17, 15) is 17.6 Å². The van der Waals surface area contributed by atoms with Crippen molar-refractivity contribution in [2.45, 2.75) is 4.90 Å². The van der Waals surface area contributed by atoms with Crippen molar-refractivity contribution in [1.82, 2.24) is 9.62 Å². The zero-order valence-corrected chi connectivity index (χ0v) is 12.6. The number of benzene rings is 1. The van der Waals surface area contributed by atoms with E-state index in [1.54, 1.807) is 0 Å². The maximum Gasteiger partial charge on any atom is 0.245 e. The first-order chi connectivity index (χ1) is 9.80. The lowest BCUT2D eigenvalue weighted by Crippen LogP contribution is -2.39. The molecule has 0 atom stereocenters. The van der Waals surface area contributed by atoms with Crippen LogP contribution in [0.2, 0.25) is 0 Å². The van der Waals surface area contributed by atoms with Crippen LogP contribution in [0.1, 0.15) is 0 Å². The molecule has 1 aromatic rings. The van der Waals surface area contributed by atoms with E-state index in [0.29, 0.717) is 6.61 Å². The van der Waals surface area contributed by atoms with Crippen LogP contribution in [0, 0.1) is 5.82 Å². The second kappa shape index (κ2) is 7.34. The number of likely N-dealkylation sites (N-methyl/N-ethyl adjacent to an activating group) is 1. The number of para-hydroxylation sites is 1. The molecule has 0 radical (unpaired) electrons. The third-order valence-electron chi connectivity index (χ3n) is 2.70. The van der Waals surface area contributed by atoms with Gasteiger partial charge in [0, 0.05) is 20.7 Å². The third kappa shape index (κ3) is 4.38. The molecule has 0 aliphatic rings. The van der Waals surface area contributed by atoms with Crippen LogP contribution in [0.4, 0.5) is 10.1 Å². The topological polar surface area (TPSA) is 102 Å². The molecule has 0 aromatic heterocycles. The highest BCUT2D eigenvalue weighted by atomic mass is 32.2. The van der Waals surface area contributed by atoms with Crippen LogP contribution in [0.25, 0.3) is 0 Å². The molecule has 0 aliphatic carbocycles. The van der Waals surface area contributed by atoms with Crippen molar-refractivity contribution < 1.29 is 22.3 Å². The van der Waals surface area contributed by atoms with Gasteiger partial charge < -0.3 is 15.8 Å². The highest BCUT2D eigenvalue weighted by molar-refractivity contribution is 7.89. The third-order valence-corrected chi connectivity index (χ3v) is 4.56.